The third-order valence-corrected chi connectivity index (χ3v) is 5.41. The molecule has 0 aromatic rings. The Balaban J connectivity index is 2.08. The van der Waals surface area contributed by atoms with Crippen molar-refractivity contribution in [1.82, 2.24) is 0 Å². The fourth-order valence-electron chi connectivity index (χ4n) is 1.17. The van der Waals surface area contributed by atoms with Crippen molar-refractivity contribution < 1.29 is 13.6 Å². The molecule has 0 aromatic heterocycles. The van der Waals surface area contributed by atoms with Gasteiger partial charge < -0.3 is 13.6 Å². The van der Waals surface area contributed by atoms with E-state index >= 15 is 0 Å². The van der Waals surface area contributed by atoms with Crippen LogP contribution < -0.4 is 0 Å². The first-order valence-corrected chi connectivity index (χ1v) is 6.94. The number of epoxide rings is 1. The molecule has 4 heteroatoms. The summed E-state index contributed by atoms with van der Waals surface area (Å²) >= 11 is 0. The summed E-state index contributed by atoms with van der Waals surface area (Å²) in [5.41, 5.74) is 0. The maximum Gasteiger partial charge on any atom is 0.334 e. The SMILES string of the molecule is CO[Si](C)(CCCC1CO1)OC. The largest absolute Gasteiger partial charge is 0.398 e. The fourth-order valence-corrected chi connectivity index (χ4v) is 2.59. The lowest BCUT2D eigenvalue weighted by Crippen LogP contribution is -2.35. The topological polar surface area (TPSA) is 31.0 Å². The number of hydrogen-bond acceptors (Lipinski definition) is 3. The highest BCUT2D eigenvalue weighted by molar-refractivity contribution is 6.65. The van der Waals surface area contributed by atoms with Crippen molar-refractivity contribution in [2.75, 3.05) is 20.8 Å². The van der Waals surface area contributed by atoms with Crippen molar-refractivity contribution in [3.05, 3.63) is 0 Å². The molecule has 12 heavy (non-hydrogen) atoms. The molecule has 0 saturated carbocycles. The van der Waals surface area contributed by atoms with Gasteiger partial charge in [0.15, 0.2) is 0 Å². The normalized spacial score (nSPS) is 22.8. The van der Waals surface area contributed by atoms with E-state index in [1.807, 2.05) is 0 Å². The smallest absolute Gasteiger partial charge is 0.334 e. The second kappa shape index (κ2) is 4.37. The molecule has 72 valence electrons. The molecule has 1 aliphatic heterocycles. The molecule has 0 N–H and O–H groups in total. The molecule has 1 unspecified atom stereocenters. The van der Waals surface area contributed by atoms with E-state index in [1.165, 1.54) is 0 Å². The first-order chi connectivity index (χ1) is 5.70. The average Bonchev–Trinajstić information content (AvgIpc) is 2.88. The summed E-state index contributed by atoms with van der Waals surface area (Å²) < 4.78 is 15.9. The van der Waals surface area contributed by atoms with Gasteiger partial charge in [-0.2, -0.15) is 0 Å². The first-order valence-electron chi connectivity index (χ1n) is 4.42. The van der Waals surface area contributed by atoms with E-state index in [-0.39, 0.29) is 0 Å². The van der Waals surface area contributed by atoms with Crippen molar-refractivity contribution in [3.63, 3.8) is 0 Å². The van der Waals surface area contributed by atoms with E-state index < -0.39 is 8.56 Å². The van der Waals surface area contributed by atoms with Gasteiger partial charge in [-0.15, -0.1) is 0 Å². The molecule has 0 amide bonds. The summed E-state index contributed by atoms with van der Waals surface area (Å²) in [6, 6.07) is 1.07. The monoisotopic (exact) mass is 190 g/mol. The predicted octanol–water partition coefficient (Wildman–Crippen LogP) is 1.53. The predicted molar refractivity (Wildman–Crippen MR) is 49.4 cm³/mol. The fraction of sp³-hybridized carbons (Fsp3) is 1.00. The highest BCUT2D eigenvalue weighted by Crippen LogP contribution is 2.21. The molecule has 1 heterocycles. The Labute approximate surface area is 75.3 Å². The molecule has 1 atom stereocenters. The van der Waals surface area contributed by atoms with Crippen LogP contribution >= 0.6 is 0 Å². The van der Waals surface area contributed by atoms with Crippen LogP contribution in [0, 0.1) is 0 Å². The van der Waals surface area contributed by atoms with Crippen LogP contribution in [0.1, 0.15) is 12.8 Å². The van der Waals surface area contributed by atoms with Crippen molar-refractivity contribution in [3.8, 4) is 0 Å². The zero-order valence-corrected chi connectivity index (χ0v) is 9.13. The van der Waals surface area contributed by atoms with Gasteiger partial charge in [-0.25, -0.2) is 0 Å². The van der Waals surface area contributed by atoms with Gasteiger partial charge in [0.25, 0.3) is 0 Å². The Kier molecular flexibility index (Phi) is 3.70. The van der Waals surface area contributed by atoms with Gasteiger partial charge >= 0.3 is 8.56 Å². The van der Waals surface area contributed by atoms with E-state index in [1.54, 1.807) is 14.2 Å². The number of rotatable bonds is 6. The molecule has 0 spiro atoms. The van der Waals surface area contributed by atoms with Crippen LogP contribution in [0.15, 0.2) is 0 Å². The molecule has 1 saturated heterocycles. The third-order valence-electron chi connectivity index (χ3n) is 2.42. The third kappa shape index (κ3) is 3.22. The van der Waals surface area contributed by atoms with E-state index in [9.17, 15) is 0 Å². The van der Waals surface area contributed by atoms with Crippen molar-refractivity contribution in [2.24, 2.45) is 0 Å². The Hall–Kier alpha value is 0.0969. The Morgan fingerprint density at radius 1 is 1.42 bits per heavy atom. The van der Waals surface area contributed by atoms with Crippen LogP contribution in [0.25, 0.3) is 0 Å². The summed E-state index contributed by atoms with van der Waals surface area (Å²) in [4.78, 5) is 0. The minimum absolute atomic E-state index is 0.539. The summed E-state index contributed by atoms with van der Waals surface area (Å²) in [5.74, 6) is 0. The second-order valence-electron chi connectivity index (χ2n) is 3.39. The van der Waals surface area contributed by atoms with Gasteiger partial charge in [0.05, 0.1) is 12.7 Å². The van der Waals surface area contributed by atoms with Crippen LogP contribution in [0.4, 0.5) is 0 Å². The average molecular weight is 190 g/mol. The lowest BCUT2D eigenvalue weighted by atomic mass is 10.3. The molecule has 3 nitrogen and oxygen atoms in total. The van der Waals surface area contributed by atoms with Gasteiger partial charge in [0, 0.05) is 14.2 Å². The Bertz CT molecular complexity index is 132. The van der Waals surface area contributed by atoms with Gasteiger partial charge in [0.1, 0.15) is 0 Å². The van der Waals surface area contributed by atoms with Crippen LogP contribution in [0.3, 0.4) is 0 Å². The highest BCUT2D eigenvalue weighted by atomic mass is 28.4. The summed E-state index contributed by atoms with van der Waals surface area (Å²) in [6.45, 7) is 3.05. The molecule has 0 bridgehead atoms. The van der Waals surface area contributed by atoms with Crippen LogP contribution in [0.5, 0.6) is 0 Å². The van der Waals surface area contributed by atoms with E-state index in [0.29, 0.717) is 6.10 Å². The zero-order valence-electron chi connectivity index (χ0n) is 8.13. The Morgan fingerprint density at radius 2 is 2.00 bits per heavy atom. The van der Waals surface area contributed by atoms with Crippen molar-refractivity contribution >= 4 is 8.56 Å². The molecule has 0 radical (unpaired) electrons. The van der Waals surface area contributed by atoms with Crippen molar-refractivity contribution in [1.29, 1.82) is 0 Å². The van der Waals surface area contributed by atoms with E-state index in [2.05, 4.69) is 6.55 Å². The molecule has 1 fully saturated rings. The number of ether oxygens (including phenoxy) is 1. The lowest BCUT2D eigenvalue weighted by Gasteiger charge is -2.22. The summed E-state index contributed by atoms with van der Waals surface area (Å²) in [7, 11) is 1.69. The minimum atomic E-state index is -1.79. The number of hydrogen-bond donors (Lipinski definition) is 0. The molecule has 1 rings (SSSR count). The van der Waals surface area contributed by atoms with E-state index in [0.717, 1.165) is 25.5 Å². The van der Waals surface area contributed by atoms with Crippen LogP contribution in [0.2, 0.25) is 12.6 Å². The quantitative estimate of drug-likeness (QED) is 0.470. The second-order valence-corrected chi connectivity index (χ2v) is 6.97. The lowest BCUT2D eigenvalue weighted by molar-refractivity contribution is 0.247. The summed E-state index contributed by atoms with van der Waals surface area (Å²) in [5, 5.41) is 0. The molecule has 0 aromatic carbocycles. The minimum Gasteiger partial charge on any atom is -0.398 e. The first kappa shape index (κ1) is 10.2. The van der Waals surface area contributed by atoms with Gasteiger partial charge in [-0.1, -0.05) is 0 Å². The van der Waals surface area contributed by atoms with Gasteiger partial charge in [-0.05, 0) is 25.4 Å². The van der Waals surface area contributed by atoms with Gasteiger partial charge in [-0.3, -0.25) is 0 Å². The van der Waals surface area contributed by atoms with E-state index in [4.69, 9.17) is 13.6 Å². The standard InChI is InChI=1S/C8H18O3Si/c1-9-12(3,10-2)6-4-5-8-7-11-8/h8H,4-7H2,1-3H3. The molecular weight excluding hydrogens is 172 g/mol. The van der Waals surface area contributed by atoms with Crippen LogP contribution in [-0.2, 0) is 13.6 Å². The van der Waals surface area contributed by atoms with Gasteiger partial charge in [0.2, 0.25) is 0 Å². The van der Waals surface area contributed by atoms with Crippen LogP contribution in [-0.4, -0.2) is 35.5 Å². The van der Waals surface area contributed by atoms with Crippen molar-refractivity contribution in [2.45, 2.75) is 31.5 Å². The summed E-state index contributed by atoms with van der Waals surface area (Å²) in [6.07, 6.45) is 2.86. The molecule has 1 aliphatic rings. The highest BCUT2D eigenvalue weighted by Gasteiger charge is 2.30. The zero-order chi connectivity index (χ0) is 9.03. The Morgan fingerprint density at radius 3 is 2.42 bits per heavy atom. The molecular formula is C8H18O3Si. The molecule has 0 aliphatic carbocycles. The maximum absolute atomic E-state index is 5.37. The maximum atomic E-state index is 5.37.